The number of aliphatic hydroxyl groups excluding tert-OH is 2. The molecule has 0 aromatic heterocycles. The average Bonchev–Trinajstić information content (AvgIpc) is 3.06. The summed E-state index contributed by atoms with van der Waals surface area (Å²) in [5, 5.41) is 22.9. The molecule has 1 amide bonds. The van der Waals surface area contributed by atoms with Crippen LogP contribution in [0.15, 0.2) is 36.5 Å². The lowest BCUT2D eigenvalue weighted by atomic mass is 10.1. The van der Waals surface area contributed by atoms with Gasteiger partial charge in [-0.3, -0.25) is 4.79 Å². The number of amides is 1. The highest BCUT2D eigenvalue weighted by molar-refractivity contribution is 5.76. The van der Waals surface area contributed by atoms with Crippen molar-refractivity contribution >= 4 is 5.91 Å². The molecule has 46 heavy (non-hydrogen) atoms. The molecule has 0 aromatic carbocycles. The highest BCUT2D eigenvalue weighted by Gasteiger charge is 2.17. The van der Waals surface area contributed by atoms with Gasteiger partial charge in [0.15, 0.2) is 0 Å². The molecule has 0 fully saturated rings. The van der Waals surface area contributed by atoms with E-state index in [4.69, 9.17) is 0 Å². The molecule has 4 heteroatoms. The number of rotatable bonds is 36. The minimum Gasteiger partial charge on any atom is -0.394 e. The van der Waals surface area contributed by atoms with E-state index >= 15 is 0 Å². The van der Waals surface area contributed by atoms with E-state index in [1.54, 1.807) is 6.08 Å². The molecule has 0 aromatic rings. The molecule has 0 aliphatic heterocycles. The number of carbonyl (C=O) groups is 1. The predicted octanol–water partition coefficient (Wildman–Crippen LogP) is 12.2. The minimum atomic E-state index is -0.861. The lowest BCUT2D eigenvalue weighted by molar-refractivity contribution is -0.123. The van der Waals surface area contributed by atoms with E-state index in [-0.39, 0.29) is 12.5 Å². The summed E-state index contributed by atoms with van der Waals surface area (Å²) in [6.45, 7) is 4.28. The zero-order valence-corrected chi connectivity index (χ0v) is 30.8. The van der Waals surface area contributed by atoms with Crippen molar-refractivity contribution in [2.24, 2.45) is 0 Å². The molecule has 0 aliphatic rings. The monoisotopic (exact) mass is 646 g/mol. The fourth-order valence-corrected chi connectivity index (χ4v) is 5.95. The molecular weight excluding hydrogens is 566 g/mol. The van der Waals surface area contributed by atoms with Gasteiger partial charge in [-0.1, -0.05) is 179 Å². The first-order chi connectivity index (χ1) is 22.7. The van der Waals surface area contributed by atoms with Crippen LogP contribution in [0.4, 0.5) is 0 Å². The summed E-state index contributed by atoms with van der Waals surface area (Å²) < 4.78 is 0. The molecule has 0 heterocycles. The Balaban J connectivity index is 3.61. The number of carbonyl (C=O) groups excluding carboxylic acids is 1. The number of allylic oxidation sites excluding steroid dienone is 5. The highest BCUT2D eigenvalue weighted by Crippen LogP contribution is 2.13. The Morgan fingerprint density at radius 3 is 1.26 bits per heavy atom. The summed E-state index contributed by atoms with van der Waals surface area (Å²) in [5.41, 5.74) is 0. The molecule has 2 atom stereocenters. The van der Waals surface area contributed by atoms with Crippen LogP contribution in [-0.4, -0.2) is 34.9 Å². The van der Waals surface area contributed by atoms with E-state index in [1.807, 2.05) is 6.08 Å². The number of hydrogen-bond donors (Lipinski definition) is 3. The molecule has 0 saturated carbocycles. The third-order valence-electron chi connectivity index (χ3n) is 9.10. The summed E-state index contributed by atoms with van der Waals surface area (Å²) in [6.07, 6.45) is 49.6. The topological polar surface area (TPSA) is 69.6 Å². The molecule has 0 saturated heterocycles. The maximum absolute atomic E-state index is 12.3. The molecule has 0 aliphatic carbocycles. The van der Waals surface area contributed by atoms with E-state index in [2.05, 4.69) is 43.5 Å². The predicted molar refractivity (Wildman–Crippen MR) is 202 cm³/mol. The Morgan fingerprint density at radius 2 is 0.848 bits per heavy atom. The first kappa shape index (κ1) is 44.6. The second-order valence-corrected chi connectivity index (χ2v) is 13.7. The Labute approximate surface area is 287 Å². The van der Waals surface area contributed by atoms with Gasteiger partial charge >= 0.3 is 0 Å². The molecule has 4 nitrogen and oxygen atoms in total. The number of nitrogens with one attached hydrogen (secondary N) is 1. The average molecular weight is 646 g/mol. The first-order valence-electron chi connectivity index (χ1n) is 20.2. The molecule has 3 N–H and O–H groups in total. The normalized spacial score (nSPS) is 13.4. The van der Waals surface area contributed by atoms with Crippen LogP contribution in [0.5, 0.6) is 0 Å². The maximum atomic E-state index is 12.3. The smallest absolute Gasteiger partial charge is 0.220 e. The van der Waals surface area contributed by atoms with Crippen molar-refractivity contribution in [3.8, 4) is 0 Å². The molecule has 0 rings (SSSR count). The summed E-state index contributed by atoms with van der Waals surface area (Å²) >= 11 is 0. The van der Waals surface area contributed by atoms with Crippen molar-refractivity contribution < 1.29 is 15.0 Å². The Hall–Kier alpha value is -1.39. The second kappa shape index (κ2) is 38.1. The second-order valence-electron chi connectivity index (χ2n) is 13.7. The molecule has 270 valence electrons. The summed E-state index contributed by atoms with van der Waals surface area (Å²) in [5.74, 6) is -0.0793. The zero-order chi connectivity index (χ0) is 33.6. The Morgan fingerprint density at radius 1 is 0.500 bits per heavy atom. The van der Waals surface area contributed by atoms with Gasteiger partial charge in [0.05, 0.1) is 18.8 Å². The standard InChI is InChI=1S/C42H79NO3/c1-3-5-7-9-11-13-15-17-18-19-20-21-22-23-24-26-28-30-32-34-36-38-42(46)43-40(39-44)41(45)37-35-33-31-29-27-25-16-14-12-10-8-6-4-2/h21-22,27,29,35,37,40-41,44-45H,3-20,23-26,28,30-34,36,38-39H2,1-2H3,(H,43,46). The van der Waals surface area contributed by atoms with Gasteiger partial charge in [0.1, 0.15) is 0 Å². The number of unbranched alkanes of at least 4 members (excludes halogenated alkanes) is 25. The molecule has 0 spiro atoms. The quantitative estimate of drug-likeness (QED) is 0.0469. The number of aliphatic hydroxyl groups is 2. The Kier molecular flexibility index (Phi) is 36.9. The SMILES string of the molecule is CCCCCCCCCC=CCCC=CC(O)C(CO)NC(=O)CCCCCCCCCC=CCCCCCCCCCCCC. The van der Waals surface area contributed by atoms with Crippen LogP contribution in [-0.2, 0) is 4.79 Å². The first-order valence-corrected chi connectivity index (χ1v) is 20.2. The largest absolute Gasteiger partial charge is 0.394 e. The van der Waals surface area contributed by atoms with E-state index in [0.717, 1.165) is 32.1 Å². The molecule has 0 bridgehead atoms. The Bertz CT molecular complexity index is 701. The van der Waals surface area contributed by atoms with Crippen LogP contribution in [0.3, 0.4) is 0 Å². The van der Waals surface area contributed by atoms with Gasteiger partial charge < -0.3 is 15.5 Å². The van der Waals surface area contributed by atoms with Crippen molar-refractivity contribution in [2.75, 3.05) is 6.61 Å². The third kappa shape index (κ3) is 34.0. The zero-order valence-electron chi connectivity index (χ0n) is 30.8. The third-order valence-corrected chi connectivity index (χ3v) is 9.10. The van der Waals surface area contributed by atoms with Gasteiger partial charge in [0.25, 0.3) is 0 Å². The highest BCUT2D eigenvalue weighted by atomic mass is 16.3. The van der Waals surface area contributed by atoms with Crippen molar-refractivity contribution in [1.82, 2.24) is 5.32 Å². The van der Waals surface area contributed by atoms with Crippen LogP contribution in [0.1, 0.15) is 206 Å². The van der Waals surface area contributed by atoms with Gasteiger partial charge in [0, 0.05) is 6.42 Å². The van der Waals surface area contributed by atoms with Crippen LogP contribution < -0.4 is 5.32 Å². The lowest BCUT2D eigenvalue weighted by Gasteiger charge is -2.19. The van der Waals surface area contributed by atoms with E-state index in [9.17, 15) is 15.0 Å². The van der Waals surface area contributed by atoms with Gasteiger partial charge in [-0.25, -0.2) is 0 Å². The van der Waals surface area contributed by atoms with Crippen molar-refractivity contribution in [3.05, 3.63) is 36.5 Å². The van der Waals surface area contributed by atoms with Crippen LogP contribution in [0.25, 0.3) is 0 Å². The van der Waals surface area contributed by atoms with Gasteiger partial charge in [0.2, 0.25) is 5.91 Å². The van der Waals surface area contributed by atoms with Crippen LogP contribution in [0, 0.1) is 0 Å². The molecule has 2 unspecified atom stereocenters. The fraction of sp³-hybridized carbons (Fsp3) is 0.833. The van der Waals surface area contributed by atoms with E-state index in [1.165, 1.54) is 154 Å². The minimum absolute atomic E-state index is 0.0793. The molecular formula is C42H79NO3. The summed E-state index contributed by atoms with van der Waals surface area (Å²) in [7, 11) is 0. The van der Waals surface area contributed by atoms with Crippen molar-refractivity contribution in [3.63, 3.8) is 0 Å². The fourth-order valence-electron chi connectivity index (χ4n) is 5.95. The van der Waals surface area contributed by atoms with Gasteiger partial charge in [-0.05, 0) is 57.8 Å². The summed E-state index contributed by atoms with van der Waals surface area (Å²) in [4.78, 5) is 12.3. The van der Waals surface area contributed by atoms with E-state index in [0.29, 0.717) is 6.42 Å². The van der Waals surface area contributed by atoms with Gasteiger partial charge in [-0.15, -0.1) is 0 Å². The van der Waals surface area contributed by atoms with Crippen LogP contribution in [0.2, 0.25) is 0 Å². The van der Waals surface area contributed by atoms with Gasteiger partial charge in [-0.2, -0.15) is 0 Å². The summed E-state index contributed by atoms with van der Waals surface area (Å²) in [6, 6.07) is -0.638. The van der Waals surface area contributed by atoms with E-state index < -0.39 is 12.1 Å². The van der Waals surface area contributed by atoms with Crippen LogP contribution >= 0.6 is 0 Å². The maximum Gasteiger partial charge on any atom is 0.220 e. The lowest BCUT2D eigenvalue weighted by Crippen LogP contribution is -2.45. The number of hydrogen-bond acceptors (Lipinski definition) is 3. The molecule has 0 radical (unpaired) electrons. The van der Waals surface area contributed by atoms with Crippen molar-refractivity contribution in [1.29, 1.82) is 0 Å². The van der Waals surface area contributed by atoms with Crippen molar-refractivity contribution in [2.45, 2.75) is 219 Å².